The highest BCUT2D eigenvalue weighted by molar-refractivity contribution is 5.91. The molecular formula is C20H25NO3. The van der Waals surface area contributed by atoms with E-state index in [4.69, 9.17) is 4.74 Å². The first-order valence-corrected chi connectivity index (χ1v) is 8.98. The number of methoxy groups -OCH3 is 1. The molecule has 24 heavy (non-hydrogen) atoms. The molecule has 1 amide bonds. The average Bonchev–Trinajstić information content (AvgIpc) is 3.28. The maximum absolute atomic E-state index is 13.4. The van der Waals surface area contributed by atoms with E-state index in [0.717, 1.165) is 25.7 Å². The number of nitrogens with zero attached hydrogens (tertiary/aromatic N) is 1. The molecule has 4 nitrogen and oxygen atoms in total. The SMILES string of the molecule is COC(=O)[C@@]1(C)CCCN1C(=O)[C@@H]1[C@@H]2CC[C@@]1(c1ccccc1)C2. The molecule has 1 aromatic rings. The van der Waals surface area contributed by atoms with Gasteiger partial charge in [-0.3, -0.25) is 4.79 Å². The Kier molecular flexibility index (Phi) is 3.48. The number of benzene rings is 1. The zero-order valence-corrected chi connectivity index (χ0v) is 14.5. The molecule has 0 aromatic heterocycles. The molecule has 1 aliphatic heterocycles. The number of rotatable bonds is 3. The average molecular weight is 327 g/mol. The van der Waals surface area contributed by atoms with Crippen molar-refractivity contribution in [3.05, 3.63) is 35.9 Å². The van der Waals surface area contributed by atoms with Crippen LogP contribution in [0.3, 0.4) is 0 Å². The van der Waals surface area contributed by atoms with Gasteiger partial charge in [-0.15, -0.1) is 0 Å². The molecule has 0 radical (unpaired) electrons. The van der Waals surface area contributed by atoms with E-state index < -0.39 is 5.54 Å². The van der Waals surface area contributed by atoms with Gasteiger partial charge in [-0.25, -0.2) is 4.79 Å². The van der Waals surface area contributed by atoms with E-state index in [0.29, 0.717) is 18.9 Å². The smallest absolute Gasteiger partial charge is 0.331 e. The third kappa shape index (κ3) is 1.92. The maximum atomic E-state index is 13.4. The fourth-order valence-corrected chi connectivity index (χ4v) is 5.54. The van der Waals surface area contributed by atoms with Gasteiger partial charge >= 0.3 is 5.97 Å². The van der Waals surface area contributed by atoms with Crippen molar-refractivity contribution in [2.24, 2.45) is 11.8 Å². The van der Waals surface area contributed by atoms with Gasteiger partial charge in [0.1, 0.15) is 5.54 Å². The topological polar surface area (TPSA) is 46.6 Å². The van der Waals surface area contributed by atoms with E-state index in [-0.39, 0.29) is 23.2 Å². The predicted octanol–water partition coefficient (Wildman–Crippen LogP) is 2.91. The largest absolute Gasteiger partial charge is 0.467 e. The minimum atomic E-state index is -0.793. The van der Waals surface area contributed by atoms with Gasteiger partial charge < -0.3 is 9.64 Å². The lowest BCUT2D eigenvalue weighted by Gasteiger charge is -2.49. The molecule has 1 aromatic carbocycles. The van der Waals surface area contributed by atoms with Gasteiger partial charge in [0.15, 0.2) is 0 Å². The lowest BCUT2D eigenvalue weighted by atomic mass is 9.56. The first kappa shape index (κ1) is 15.7. The number of hydrogen-bond acceptors (Lipinski definition) is 3. The van der Waals surface area contributed by atoms with Crippen LogP contribution in [-0.4, -0.2) is 36.0 Å². The van der Waals surface area contributed by atoms with Gasteiger partial charge in [0.05, 0.1) is 13.0 Å². The second-order valence-corrected chi connectivity index (χ2v) is 7.86. The maximum Gasteiger partial charge on any atom is 0.331 e. The Labute approximate surface area is 143 Å². The summed E-state index contributed by atoms with van der Waals surface area (Å²) in [6, 6.07) is 10.5. The van der Waals surface area contributed by atoms with E-state index >= 15 is 0 Å². The highest BCUT2D eigenvalue weighted by atomic mass is 16.5. The van der Waals surface area contributed by atoms with Gasteiger partial charge in [-0.2, -0.15) is 0 Å². The molecule has 4 aliphatic rings. The Morgan fingerprint density at radius 1 is 1.21 bits per heavy atom. The fourth-order valence-electron chi connectivity index (χ4n) is 5.54. The van der Waals surface area contributed by atoms with Crippen LogP contribution in [0.15, 0.2) is 30.3 Å². The van der Waals surface area contributed by atoms with E-state index in [1.54, 1.807) is 0 Å². The van der Waals surface area contributed by atoms with Gasteiger partial charge in [0.25, 0.3) is 0 Å². The third-order valence-electron chi connectivity index (χ3n) is 6.80. The highest BCUT2D eigenvalue weighted by Crippen LogP contribution is 2.64. The molecule has 3 saturated carbocycles. The molecule has 4 atom stereocenters. The second-order valence-electron chi connectivity index (χ2n) is 7.86. The van der Waals surface area contributed by atoms with Crippen molar-refractivity contribution in [3.8, 4) is 0 Å². The van der Waals surface area contributed by atoms with Crippen LogP contribution in [0.25, 0.3) is 0 Å². The monoisotopic (exact) mass is 327 g/mol. The van der Waals surface area contributed by atoms with Crippen molar-refractivity contribution >= 4 is 11.9 Å². The van der Waals surface area contributed by atoms with Crippen LogP contribution in [-0.2, 0) is 19.7 Å². The number of fused-ring (bicyclic) bond motifs is 1. The summed E-state index contributed by atoms with van der Waals surface area (Å²) >= 11 is 0. The number of esters is 1. The molecule has 0 N–H and O–H groups in total. The van der Waals surface area contributed by atoms with Crippen molar-refractivity contribution in [2.45, 2.75) is 50.0 Å². The summed E-state index contributed by atoms with van der Waals surface area (Å²) in [5, 5.41) is 0. The number of hydrogen-bond donors (Lipinski definition) is 0. The summed E-state index contributed by atoms with van der Waals surface area (Å²) < 4.78 is 5.00. The normalized spacial score (nSPS) is 37.2. The molecule has 0 unspecified atom stereocenters. The molecule has 1 heterocycles. The second kappa shape index (κ2) is 5.33. The standard InChI is InChI=1S/C20H25NO3/c1-19(18(23)24-2)10-6-12-21(19)17(22)16-14-9-11-20(16,13-14)15-7-4-3-5-8-15/h3-5,7-8,14,16H,6,9-13H2,1-2H3/t14-,16+,19-,20+/m1/s1. The van der Waals surface area contributed by atoms with Crippen LogP contribution in [0, 0.1) is 11.8 Å². The number of likely N-dealkylation sites (tertiary alicyclic amines) is 1. The van der Waals surface area contributed by atoms with Gasteiger partial charge in [-0.05, 0) is 50.5 Å². The quantitative estimate of drug-likeness (QED) is 0.802. The van der Waals surface area contributed by atoms with Crippen LogP contribution < -0.4 is 0 Å². The molecule has 5 rings (SSSR count). The molecular weight excluding hydrogens is 302 g/mol. The molecule has 4 fully saturated rings. The van der Waals surface area contributed by atoms with Crippen molar-refractivity contribution in [2.75, 3.05) is 13.7 Å². The van der Waals surface area contributed by atoms with Gasteiger partial charge in [-0.1, -0.05) is 30.3 Å². The zero-order chi connectivity index (χ0) is 16.9. The lowest BCUT2D eigenvalue weighted by molar-refractivity contribution is -0.163. The Balaban J connectivity index is 1.64. The van der Waals surface area contributed by atoms with Crippen LogP contribution in [0.2, 0.25) is 0 Å². The molecule has 2 bridgehead atoms. The number of amides is 1. The van der Waals surface area contributed by atoms with E-state index in [1.807, 2.05) is 17.9 Å². The van der Waals surface area contributed by atoms with Crippen LogP contribution >= 0.6 is 0 Å². The molecule has 1 saturated heterocycles. The van der Waals surface area contributed by atoms with E-state index in [2.05, 4.69) is 24.3 Å². The van der Waals surface area contributed by atoms with Crippen LogP contribution in [0.5, 0.6) is 0 Å². The van der Waals surface area contributed by atoms with E-state index in [1.165, 1.54) is 12.7 Å². The Morgan fingerprint density at radius 2 is 1.96 bits per heavy atom. The molecule has 3 aliphatic carbocycles. The molecule has 4 heteroatoms. The van der Waals surface area contributed by atoms with E-state index in [9.17, 15) is 9.59 Å². The third-order valence-corrected chi connectivity index (χ3v) is 6.80. The molecule has 0 spiro atoms. The summed E-state index contributed by atoms with van der Waals surface area (Å²) in [6.45, 7) is 2.53. The number of carbonyl (C=O) groups excluding carboxylic acids is 2. The lowest BCUT2D eigenvalue weighted by Crippen LogP contribution is -2.59. The zero-order valence-electron chi connectivity index (χ0n) is 14.5. The Bertz CT molecular complexity index is 669. The minimum Gasteiger partial charge on any atom is -0.467 e. The summed E-state index contributed by atoms with van der Waals surface area (Å²) in [5.41, 5.74) is 0.484. The summed E-state index contributed by atoms with van der Waals surface area (Å²) in [7, 11) is 1.41. The van der Waals surface area contributed by atoms with Gasteiger partial charge in [0.2, 0.25) is 5.91 Å². The highest BCUT2D eigenvalue weighted by Gasteiger charge is 2.64. The minimum absolute atomic E-state index is 0.0113. The van der Waals surface area contributed by atoms with Crippen molar-refractivity contribution in [3.63, 3.8) is 0 Å². The van der Waals surface area contributed by atoms with Crippen LogP contribution in [0.4, 0.5) is 0 Å². The predicted molar refractivity (Wildman–Crippen MR) is 90.3 cm³/mol. The van der Waals surface area contributed by atoms with Crippen molar-refractivity contribution < 1.29 is 14.3 Å². The Hall–Kier alpha value is -1.84. The number of carbonyl (C=O) groups is 2. The summed E-state index contributed by atoms with van der Waals surface area (Å²) in [4.78, 5) is 27.5. The van der Waals surface area contributed by atoms with Gasteiger partial charge in [0, 0.05) is 12.0 Å². The van der Waals surface area contributed by atoms with Crippen molar-refractivity contribution in [1.29, 1.82) is 0 Å². The summed E-state index contributed by atoms with van der Waals surface area (Å²) in [5.74, 6) is 0.383. The number of ether oxygens (including phenoxy) is 1. The Morgan fingerprint density at radius 3 is 2.62 bits per heavy atom. The fraction of sp³-hybridized carbons (Fsp3) is 0.600. The van der Waals surface area contributed by atoms with Crippen LogP contribution in [0.1, 0.15) is 44.6 Å². The van der Waals surface area contributed by atoms with Crippen molar-refractivity contribution in [1.82, 2.24) is 4.90 Å². The summed E-state index contributed by atoms with van der Waals surface area (Å²) in [6.07, 6.45) is 4.87. The molecule has 128 valence electrons. The first-order chi connectivity index (χ1) is 11.5. The first-order valence-electron chi connectivity index (χ1n) is 8.98.